The highest BCUT2D eigenvalue weighted by molar-refractivity contribution is 7.12. The number of nitrogens with one attached hydrogen (secondary N) is 1. The summed E-state index contributed by atoms with van der Waals surface area (Å²) >= 11 is 1.96. The number of nitrogens with zero attached hydrogens (tertiary/aromatic N) is 2. The number of hydrogen-bond donors (Lipinski definition) is 1. The van der Waals surface area contributed by atoms with Crippen molar-refractivity contribution in [2.45, 2.75) is 70.6 Å². The fourth-order valence-corrected chi connectivity index (χ4v) is 7.07. The Labute approximate surface area is 195 Å². The van der Waals surface area contributed by atoms with Crippen LogP contribution in [-0.2, 0) is 6.42 Å². The Morgan fingerprint density at radius 3 is 2.53 bits per heavy atom. The van der Waals surface area contributed by atoms with Gasteiger partial charge in [-0.2, -0.15) is 0 Å². The summed E-state index contributed by atoms with van der Waals surface area (Å²) in [5.74, 6) is 0.658. The number of para-hydroxylation sites is 1. The SMILES string of the molecule is CCN1CCC(c2ccc([C@@H]3c4[nH]c5ccccc5c4C[C@@H](C)N3CC(C)(C)F)s2)CC1. The smallest absolute Gasteiger partial charge is 0.118 e. The van der Waals surface area contributed by atoms with Crippen molar-refractivity contribution in [2.24, 2.45) is 0 Å². The summed E-state index contributed by atoms with van der Waals surface area (Å²) in [5, 5.41) is 1.32. The number of halogens is 1. The van der Waals surface area contributed by atoms with Crippen LogP contribution in [0.2, 0.25) is 0 Å². The van der Waals surface area contributed by atoms with Crippen molar-refractivity contribution in [3.8, 4) is 0 Å². The van der Waals surface area contributed by atoms with E-state index < -0.39 is 5.67 Å². The number of hydrogen-bond acceptors (Lipinski definition) is 3. The van der Waals surface area contributed by atoms with Crippen molar-refractivity contribution in [3.63, 3.8) is 0 Å². The topological polar surface area (TPSA) is 22.3 Å². The van der Waals surface area contributed by atoms with Crippen LogP contribution >= 0.6 is 11.3 Å². The Morgan fingerprint density at radius 2 is 1.81 bits per heavy atom. The van der Waals surface area contributed by atoms with Crippen LogP contribution in [0.3, 0.4) is 0 Å². The normalized spacial score (nSPS) is 23.7. The molecule has 0 unspecified atom stereocenters. The third-order valence-electron chi connectivity index (χ3n) is 7.43. The molecule has 2 aliphatic heterocycles. The van der Waals surface area contributed by atoms with Crippen LogP contribution in [0.5, 0.6) is 0 Å². The first kappa shape index (κ1) is 22.1. The van der Waals surface area contributed by atoms with E-state index in [1.807, 2.05) is 11.3 Å². The Morgan fingerprint density at radius 1 is 1.09 bits per heavy atom. The standard InChI is InChI=1S/C27H36FN3S/c1-5-30-14-12-19(13-15-30)23-10-11-24(32-23)26-25-21(20-8-6-7-9-22(20)29-25)16-18(2)31(26)17-27(3,4)28/h6-11,18-19,26,29H,5,12-17H2,1-4H3/t18-,26-/m1/s1. The molecule has 5 rings (SSSR count). The molecule has 172 valence electrons. The molecule has 1 saturated heterocycles. The van der Waals surface area contributed by atoms with Crippen molar-refractivity contribution in [1.29, 1.82) is 0 Å². The second-order valence-corrected chi connectivity index (χ2v) is 11.5. The van der Waals surface area contributed by atoms with Crippen LogP contribution < -0.4 is 0 Å². The molecule has 1 N–H and O–H groups in total. The van der Waals surface area contributed by atoms with E-state index in [1.54, 1.807) is 13.8 Å². The van der Waals surface area contributed by atoms with E-state index in [-0.39, 0.29) is 6.04 Å². The molecule has 5 heteroatoms. The molecule has 0 amide bonds. The van der Waals surface area contributed by atoms with E-state index in [0.29, 0.717) is 18.5 Å². The van der Waals surface area contributed by atoms with Gasteiger partial charge >= 0.3 is 0 Å². The number of aromatic nitrogens is 1. The van der Waals surface area contributed by atoms with Gasteiger partial charge in [-0.3, -0.25) is 4.90 Å². The van der Waals surface area contributed by atoms with E-state index >= 15 is 0 Å². The molecular weight excluding hydrogens is 417 g/mol. The van der Waals surface area contributed by atoms with Gasteiger partial charge < -0.3 is 9.88 Å². The highest BCUT2D eigenvalue weighted by Crippen LogP contribution is 2.45. The lowest BCUT2D eigenvalue weighted by atomic mass is 9.90. The zero-order valence-corrected chi connectivity index (χ0v) is 20.6. The van der Waals surface area contributed by atoms with Crippen LogP contribution in [0.15, 0.2) is 36.4 Å². The van der Waals surface area contributed by atoms with Crippen LogP contribution in [-0.4, -0.2) is 52.7 Å². The lowest BCUT2D eigenvalue weighted by molar-refractivity contribution is 0.0679. The first-order valence-electron chi connectivity index (χ1n) is 12.2. The van der Waals surface area contributed by atoms with Gasteiger partial charge in [-0.1, -0.05) is 25.1 Å². The molecule has 4 heterocycles. The van der Waals surface area contributed by atoms with Crippen LogP contribution in [0.1, 0.15) is 73.5 Å². The van der Waals surface area contributed by atoms with E-state index in [1.165, 1.54) is 57.8 Å². The lowest BCUT2D eigenvalue weighted by Crippen LogP contribution is -2.47. The highest BCUT2D eigenvalue weighted by Gasteiger charge is 2.39. The summed E-state index contributed by atoms with van der Waals surface area (Å²) in [4.78, 5) is 11.5. The molecule has 0 spiro atoms. The monoisotopic (exact) mass is 453 g/mol. The summed E-state index contributed by atoms with van der Waals surface area (Å²) < 4.78 is 14.9. The van der Waals surface area contributed by atoms with Crippen molar-refractivity contribution in [3.05, 3.63) is 57.4 Å². The summed E-state index contributed by atoms with van der Waals surface area (Å²) in [5.41, 5.74) is 2.64. The van der Waals surface area contributed by atoms with Crippen LogP contribution in [0.4, 0.5) is 4.39 Å². The minimum Gasteiger partial charge on any atom is -0.357 e. The van der Waals surface area contributed by atoms with Crippen molar-refractivity contribution < 1.29 is 4.39 Å². The predicted octanol–water partition coefficient (Wildman–Crippen LogP) is 6.51. The fourth-order valence-electron chi connectivity index (χ4n) is 5.76. The highest BCUT2D eigenvalue weighted by atomic mass is 32.1. The zero-order valence-electron chi connectivity index (χ0n) is 19.8. The maximum Gasteiger partial charge on any atom is 0.118 e. The van der Waals surface area contributed by atoms with Gasteiger partial charge in [0.2, 0.25) is 0 Å². The number of thiophene rings is 1. The molecule has 1 fully saturated rings. The second-order valence-electron chi connectivity index (χ2n) is 10.4. The number of benzene rings is 1. The number of aromatic amines is 1. The third-order valence-corrected chi connectivity index (χ3v) is 8.73. The van der Waals surface area contributed by atoms with E-state index in [2.05, 4.69) is 65.0 Å². The summed E-state index contributed by atoms with van der Waals surface area (Å²) in [6.07, 6.45) is 3.45. The molecule has 0 radical (unpaired) electrons. The molecule has 2 aromatic heterocycles. The Kier molecular flexibility index (Phi) is 5.93. The van der Waals surface area contributed by atoms with E-state index in [0.717, 1.165) is 13.0 Å². The molecule has 2 aliphatic rings. The minimum absolute atomic E-state index is 0.0886. The van der Waals surface area contributed by atoms with Gasteiger partial charge in [0.1, 0.15) is 5.67 Å². The molecule has 3 aromatic rings. The maximum absolute atomic E-state index is 14.9. The van der Waals surface area contributed by atoms with Crippen LogP contribution in [0, 0.1) is 0 Å². The predicted molar refractivity (Wildman–Crippen MR) is 134 cm³/mol. The fraction of sp³-hybridized carbons (Fsp3) is 0.556. The van der Waals surface area contributed by atoms with Crippen molar-refractivity contribution >= 4 is 22.2 Å². The Balaban J connectivity index is 1.53. The summed E-state index contributed by atoms with van der Waals surface area (Å²) in [7, 11) is 0. The first-order chi connectivity index (χ1) is 15.3. The molecule has 0 aliphatic carbocycles. The Hall–Kier alpha value is -1.69. The molecular formula is C27H36FN3S. The number of piperidine rings is 1. The number of rotatable bonds is 5. The number of fused-ring (bicyclic) bond motifs is 3. The average molecular weight is 454 g/mol. The largest absolute Gasteiger partial charge is 0.357 e. The van der Waals surface area contributed by atoms with Gasteiger partial charge in [-0.25, -0.2) is 4.39 Å². The molecule has 0 saturated carbocycles. The molecule has 0 bridgehead atoms. The Bertz CT molecular complexity index is 1070. The number of alkyl halides is 1. The summed E-state index contributed by atoms with van der Waals surface area (Å²) in [6.45, 7) is 11.9. The average Bonchev–Trinajstić information content (AvgIpc) is 3.39. The van der Waals surface area contributed by atoms with Gasteiger partial charge in [0.15, 0.2) is 0 Å². The minimum atomic E-state index is -1.23. The zero-order chi connectivity index (χ0) is 22.5. The van der Waals surface area contributed by atoms with Gasteiger partial charge in [0, 0.05) is 38.9 Å². The van der Waals surface area contributed by atoms with Crippen molar-refractivity contribution in [2.75, 3.05) is 26.2 Å². The molecule has 3 nitrogen and oxygen atoms in total. The summed E-state index contributed by atoms with van der Waals surface area (Å²) in [6, 6.07) is 13.7. The van der Waals surface area contributed by atoms with Gasteiger partial charge in [0.25, 0.3) is 0 Å². The quantitative estimate of drug-likeness (QED) is 0.475. The molecule has 32 heavy (non-hydrogen) atoms. The molecule has 1 aromatic carbocycles. The second kappa shape index (κ2) is 8.58. The van der Waals surface area contributed by atoms with Crippen LogP contribution in [0.25, 0.3) is 10.9 Å². The van der Waals surface area contributed by atoms with Gasteiger partial charge in [-0.05, 0) is 89.3 Å². The van der Waals surface area contributed by atoms with E-state index in [9.17, 15) is 4.39 Å². The number of H-pyrrole nitrogens is 1. The van der Waals surface area contributed by atoms with Gasteiger partial charge in [0.05, 0.1) is 6.04 Å². The lowest BCUT2D eigenvalue weighted by Gasteiger charge is -2.42. The maximum atomic E-state index is 14.9. The van der Waals surface area contributed by atoms with Crippen molar-refractivity contribution in [1.82, 2.24) is 14.8 Å². The van der Waals surface area contributed by atoms with E-state index in [4.69, 9.17) is 0 Å². The molecule has 2 atom stereocenters. The van der Waals surface area contributed by atoms with Gasteiger partial charge in [-0.15, -0.1) is 11.3 Å². The number of likely N-dealkylation sites (tertiary alicyclic amines) is 1. The first-order valence-corrected chi connectivity index (χ1v) is 13.0. The third kappa shape index (κ3) is 4.15.